The fourth-order valence-electron chi connectivity index (χ4n) is 3.13. The molecule has 3 heterocycles. The van der Waals surface area contributed by atoms with E-state index in [2.05, 4.69) is 10.2 Å². The summed E-state index contributed by atoms with van der Waals surface area (Å²) in [5.41, 5.74) is 1.21. The highest BCUT2D eigenvalue weighted by atomic mass is 32.1. The van der Waals surface area contributed by atoms with Gasteiger partial charge < -0.3 is 9.80 Å². The van der Waals surface area contributed by atoms with E-state index in [1.807, 2.05) is 22.4 Å². The molecule has 0 aliphatic carbocycles. The Morgan fingerprint density at radius 2 is 1.85 bits per heavy atom. The number of hydrogen-bond donors (Lipinski definition) is 0. The largest absolute Gasteiger partial charge is 0.362 e. The zero-order valence-corrected chi connectivity index (χ0v) is 15.1. The van der Waals surface area contributed by atoms with Crippen LogP contribution in [0.1, 0.15) is 9.67 Å². The van der Waals surface area contributed by atoms with Gasteiger partial charge in [0.15, 0.2) is 0 Å². The molecule has 3 aromatic rings. The number of piperazine rings is 1. The third-order valence-electron chi connectivity index (χ3n) is 4.51. The molecule has 0 N–H and O–H groups in total. The zero-order valence-electron chi connectivity index (χ0n) is 14.3. The number of hydrogen-bond acceptors (Lipinski definition) is 7. The molecule has 0 saturated carbocycles. The maximum atomic E-state index is 12.5. The summed E-state index contributed by atoms with van der Waals surface area (Å²) in [6.07, 6.45) is 2.99. The van der Waals surface area contributed by atoms with Crippen LogP contribution in [0.5, 0.6) is 0 Å². The van der Waals surface area contributed by atoms with Crippen molar-refractivity contribution in [3.05, 3.63) is 63.4 Å². The molecule has 0 bridgehead atoms. The van der Waals surface area contributed by atoms with E-state index >= 15 is 0 Å². The third kappa shape index (κ3) is 3.38. The van der Waals surface area contributed by atoms with Crippen molar-refractivity contribution in [2.75, 3.05) is 31.1 Å². The van der Waals surface area contributed by atoms with Gasteiger partial charge in [-0.3, -0.25) is 19.5 Å². The first-order chi connectivity index (χ1) is 13.1. The molecule has 0 radical (unpaired) electrons. The van der Waals surface area contributed by atoms with Crippen molar-refractivity contribution in [3.63, 3.8) is 0 Å². The first-order valence-electron chi connectivity index (χ1n) is 8.34. The van der Waals surface area contributed by atoms with Gasteiger partial charge >= 0.3 is 0 Å². The van der Waals surface area contributed by atoms with Crippen molar-refractivity contribution >= 4 is 28.6 Å². The first kappa shape index (κ1) is 17.2. The number of carbonyl (C=O) groups is 1. The maximum Gasteiger partial charge on any atom is 0.294 e. The second kappa shape index (κ2) is 7.16. The Morgan fingerprint density at radius 1 is 1.11 bits per heavy atom. The molecule has 10 heteroatoms. The molecule has 2 aromatic heterocycles. The van der Waals surface area contributed by atoms with Gasteiger partial charge in [0.2, 0.25) is 0 Å². The Hall–Kier alpha value is -3.27. The average Bonchev–Trinajstić information content (AvgIpc) is 3.41. The van der Waals surface area contributed by atoms with Gasteiger partial charge in [-0.1, -0.05) is 6.07 Å². The summed E-state index contributed by atoms with van der Waals surface area (Å²) < 4.78 is 1.62. The van der Waals surface area contributed by atoms with E-state index in [-0.39, 0.29) is 16.5 Å². The highest BCUT2D eigenvalue weighted by Crippen LogP contribution is 2.31. The van der Waals surface area contributed by atoms with Crippen molar-refractivity contribution in [1.29, 1.82) is 0 Å². The third-order valence-corrected chi connectivity index (χ3v) is 5.37. The number of thiophene rings is 1. The zero-order chi connectivity index (χ0) is 18.8. The SMILES string of the molecule is O=C(c1cccs1)N1CCN(c2ccc(-n3cnnc3)cc2[N+](=O)[O-])CC1. The number of amides is 1. The predicted octanol–water partition coefficient (Wildman–Crippen LogP) is 2.20. The predicted molar refractivity (Wildman–Crippen MR) is 100 cm³/mol. The minimum Gasteiger partial charge on any atom is -0.362 e. The lowest BCUT2D eigenvalue weighted by atomic mass is 10.2. The van der Waals surface area contributed by atoms with Gasteiger partial charge in [-0.05, 0) is 23.6 Å². The molecular formula is C17H16N6O3S. The molecule has 1 amide bonds. The summed E-state index contributed by atoms with van der Waals surface area (Å²) >= 11 is 1.42. The summed E-state index contributed by atoms with van der Waals surface area (Å²) in [6.45, 7) is 2.15. The molecule has 138 valence electrons. The number of carbonyl (C=O) groups excluding carboxylic acids is 1. The van der Waals surface area contributed by atoms with Crippen LogP contribution in [0.2, 0.25) is 0 Å². The highest BCUT2D eigenvalue weighted by molar-refractivity contribution is 7.12. The molecule has 0 spiro atoms. The molecule has 0 unspecified atom stereocenters. The standard InChI is InChI=1S/C17H16N6O3S/c24-17(16-2-1-9-27-16)21-7-5-20(6-8-21)14-4-3-13(10-15(14)23(25)26)22-11-18-19-12-22/h1-4,9-12H,5-8H2. The van der Waals surface area contributed by atoms with Gasteiger partial charge in [-0.25, -0.2) is 0 Å². The topological polar surface area (TPSA) is 97.4 Å². The van der Waals surface area contributed by atoms with Crippen molar-refractivity contribution in [1.82, 2.24) is 19.7 Å². The second-order valence-corrected chi connectivity index (χ2v) is 7.00. The van der Waals surface area contributed by atoms with Crippen LogP contribution in [0.3, 0.4) is 0 Å². The Kier molecular flexibility index (Phi) is 4.55. The van der Waals surface area contributed by atoms with Crippen molar-refractivity contribution < 1.29 is 9.72 Å². The second-order valence-electron chi connectivity index (χ2n) is 6.06. The lowest BCUT2D eigenvalue weighted by molar-refractivity contribution is -0.384. The van der Waals surface area contributed by atoms with Crippen LogP contribution in [0.25, 0.3) is 5.69 Å². The van der Waals surface area contributed by atoms with E-state index in [1.54, 1.807) is 21.6 Å². The Labute approximate surface area is 158 Å². The Bertz CT molecular complexity index is 949. The van der Waals surface area contributed by atoms with Crippen LogP contribution in [0.15, 0.2) is 48.4 Å². The smallest absolute Gasteiger partial charge is 0.294 e. The summed E-state index contributed by atoms with van der Waals surface area (Å²) in [7, 11) is 0. The lowest BCUT2D eigenvalue weighted by Crippen LogP contribution is -2.48. The number of rotatable bonds is 4. The van der Waals surface area contributed by atoms with Gasteiger partial charge in [-0.2, -0.15) is 0 Å². The van der Waals surface area contributed by atoms with E-state index < -0.39 is 0 Å². The molecule has 1 aliphatic rings. The molecular weight excluding hydrogens is 368 g/mol. The number of nitro groups is 1. The molecule has 1 aromatic carbocycles. The summed E-state index contributed by atoms with van der Waals surface area (Å²) in [5, 5.41) is 20.9. The Balaban J connectivity index is 1.52. The molecule has 4 rings (SSSR count). The van der Waals surface area contributed by atoms with Crippen LogP contribution >= 0.6 is 11.3 Å². The van der Waals surface area contributed by atoms with Gasteiger partial charge in [0.1, 0.15) is 18.3 Å². The summed E-state index contributed by atoms with van der Waals surface area (Å²) in [6, 6.07) is 8.73. The number of aromatic nitrogens is 3. The van der Waals surface area contributed by atoms with E-state index in [0.717, 1.165) is 0 Å². The molecule has 27 heavy (non-hydrogen) atoms. The highest BCUT2D eigenvalue weighted by Gasteiger charge is 2.27. The van der Waals surface area contributed by atoms with Crippen LogP contribution < -0.4 is 4.90 Å². The summed E-state index contributed by atoms with van der Waals surface area (Å²) in [5.74, 6) is 0.0158. The van der Waals surface area contributed by atoms with E-state index in [0.29, 0.717) is 42.4 Å². The van der Waals surface area contributed by atoms with Gasteiger partial charge in [0.05, 0.1) is 15.5 Å². The molecule has 1 saturated heterocycles. The van der Waals surface area contributed by atoms with E-state index in [9.17, 15) is 14.9 Å². The van der Waals surface area contributed by atoms with Crippen molar-refractivity contribution in [2.24, 2.45) is 0 Å². The molecule has 9 nitrogen and oxygen atoms in total. The molecule has 0 atom stereocenters. The van der Waals surface area contributed by atoms with Crippen molar-refractivity contribution in [2.45, 2.75) is 0 Å². The van der Waals surface area contributed by atoms with Crippen LogP contribution in [0.4, 0.5) is 11.4 Å². The first-order valence-corrected chi connectivity index (χ1v) is 9.22. The quantitative estimate of drug-likeness (QED) is 0.505. The summed E-state index contributed by atoms with van der Waals surface area (Å²) in [4.78, 5) is 28.1. The van der Waals surface area contributed by atoms with Crippen LogP contribution in [-0.2, 0) is 0 Å². The van der Waals surface area contributed by atoms with Gasteiger partial charge in [0.25, 0.3) is 11.6 Å². The normalized spacial score (nSPS) is 14.4. The van der Waals surface area contributed by atoms with Crippen LogP contribution in [0, 0.1) is 10.1 Å². The monoisotopic (exact) mass is 384 g/mol. The minimum absolute atomic E-state index is 0.0158. The van der Waals surface area contributed by atoms with Gasteiger partial charge in [0, 0.05) is 32.2 Å². The van der Waals surface area contributed by atoms with E-state index in [4.69, 9.17) is 0 Å². The number of nitro benzene ring substituents is 1. The van der Waals surface area contributed by atoms with Crippen molar-refractivity contribution in [3.8, 4) is 5.69 Å². The minimum atomic E-state index is -0.383. The number of nitrogens with zero attached hydrogens (tertiary/aromatic N) is 6. The lowest BCUT2D eigenvalue weighted by Gasteiger charge is -2.35. The molecule has 1 fully saturated rings. The van der Waals surface area contributed by atoms with Crippen LogP contribution in [-0.4, -0.2) is 56.7 Å². The van der Waals surface area contributed by atoms with E-state index in [1.165, 1.54) is 30.1 Å². The Morgan fingerprint density at radius 3 is 2.48 bits per heavy atom. The maximum absolute atomic E-state index is 12.5. The fraction of sp³-hybridized carbons (Fsp3) is 0.235. The fourth-order valence-corrected chi connectivity index (χ4v) is 3.82. The van der Waals surface area contributed by atoms with Gasteiger partial charge in [-0.15, -0.1) is 21.5 Å². The molecule has 1 aliphatic heterocycles. The number of benzene rings is 1. The average molecular weight is 384 g/mol. The number of anilines is 1.